The number of rotatable bonds is 2. The predicted octanol–water partition coefficient (Wildman–Crippen LogP) is 2.28. The highest BCUT2D eigenvalue weighted by Gasteiger charge is 2.24. The van der Waals surface area contributed by atoms with Crippen molar-refractivity contribution in [2.75, 3.05) is 19.7 Å². The Morgan fingerprint density at radius 2 is 2.11 bits per heavy atom. The molecule has 0 radical (unpaired) electrons. The molecule has 3 N–H and O–H groups in total. The molecule has 2 unspecified atom stereocenters. The summed E-state index contributed by atoms with van der Waals surface area (Å²) in [5, 5.41) is 3.34. The average Bonchev–Trinajstić information content (AvgIpc) is 2.38. The molecule has 2 atom stereocenters. The van der Waals surface area contributed by atoms with Crippen molar-refractivity contribution in [2.45, 2.75) is 45.3 Å². The molecule has 0 amide bonds. The van der Waals surface area contributed by atoms with Crippen LogP contribution in [0.3, 0.4) is 0 Å². The molecule has 3 heteroatoms. The fraction of sp³-hybridized carbons (Fsp3) is 0.625. The molecule has 1 aliphatic heterocycles. The van der Waals surface area contributed by atoms with Crippen LogP contribution in [0, 0.1) is 6.92 Å². The SMILES string of the molecule is Cc1cc(C(C)(C)C)ccc1C(N)C1CNCCO1. The van der Waals surface area contributed by atoms with Gasteiger partial charge in [-0.3, -0.25) is 0 Å². The van der Waals surface area contributed by atoms with Crippen LogP contribution in [-0.2, 0) is 10.2 Å². The van der Waals surface area contributed by atoms with Gasteiger partial charge in [0.25, 0.3) is 0 Å². The van der Waals surface area contributed by atoms with Gasteiger partial charge in [0, 0.05) is 13.1 Å². The summed E-state index contributed by atoms with van der Waals surface area (Å²) in [6, 6.07) is 6.56. The molecule has 1 saturated heterocycles. The van der Waals surface area contributed by atoms with Crippen molar-refractivity contribution in [3.05, 3.63) is 34.9 Å². The summed E-state index contributed by atoms with van der Waals surface area (Å²) >= 11 is 0. The number of aryl methyl sites for hydroxylation is 1. The molecule has 0 bridgehead atoms. The maximum absolute atomic E-state index is 6.36. The van der Waals surface area contributed by atoms with Gasteiger partial charge < -0.3 is 15.8 Å². The van der Waals surface area contributed by atoms with Crippen molar-refractivity contribution in [3.63, 3.8) is 0 Å². The largest absolute Gasteiger partial charge is 0.374 e. The monoisotopic (exact) mass is 262 g/mol. The molecule has 1 fully saturated rings. The fourth-order valence-electron chi connectivity index (χ4n) is 2.53. The van der Waals surface area contributed by atoms with Crippen LogP contribution in [0.15, 0.2) is 18.2 Å². The van der Waals surface area contributed by atoms with E-state index in [9.17, 15) is 0 Å². The summed E-state index contributed by atoms with van der Waals surface area (Å²) in [6.07, 6.45) is 0.0768. The average molecular weight is 262 g/mol. The van der Waals surface area contributed by atoms with Crippen LogP contribution in [0.4, 0.5) is 0 Å². The molecule has 0 aliphatic carbocycles. The first kappa shape index (κ1) is 14.5. The van der Waals surface area contributed by atoms with E-state index in [-0.39, 0.29) is 17.6 Å². The van der Waals surface area contributed by atoms with Crippen LogP contribution in [0.5, 0.6) is 0 Å². The zero-order chi connectivity index (χ0) is 14.0. The Kier molecular flexibility index (Phi) is 4.29. The molecule has 1 heterocycles. The van der Waals surface area contributed by atoms with E-state index in [0.29, 0.717) is 0 Å². The minimum absolute atomic E-state index is 0.0539. The highest BCUT2D eigenvalue weighted by Crippen LogP contribution is 2.28. The van der Waals surface area contributed by atoms with Crippen LogP contribution in [0.25, 0.3) is 0 Å². The number of hydrogen-bond acceptors (Lipinski definition) is 3. The van der Waals surface area contributed by atoms with Gasteiger partial charge >= 0.3 is 0 Å². The number of ether oxygens (including phenoxy) is 1. The number of morpholine rings is 1. The fourth-order valence-corrected chi connectivity index (χ4v) is 2.53. The summed E-state index contributed by atoms with van der Waals surface area (Å²) in [7, 11) is 0. The summed E-state index contributed by atoms with van der Waals surface area (Å²) < 4.78 is 5.76. The zero-order valence-electron chi connectivity index (χ0n) is 12.5. The minimum Gasteiger partial charge on any atom is -0.374 e. The van der Waals surface area contributed by atoms with Crippen molar-refractivity contribution >= 4 is 0 Å². The Bertz CT molecular complexity index is 431. The second kappa shape index (κ2) is 5.61. The van der Waals surface area contributed by atoms with E-state index >= 15 is 0 Å². The van der Waals surface area contributed by atoms with E-state index in [1.165, 1.54) is 16.7 Å². The normalized spacial score (nSPS) is 22.3. The predicted molar refractivity (Wildman–Crippen MR) is 79.4 cm³/mol. The van der Waals surface area contributed by atoms with Gasteiger partial charge in [-0.25, -0.2) is 0 Å². The maximum Gasteiger partial charge on any atom is 0.0892 e. The maximum atomic E-state index is 6.36. The molecular formula is C16H26N2O. The second-order valence-electron chi connectivity index (χ2n) is 6.46. The quantitative estimate of drug-likeness (QED) is 0.859. The van der Waals surface area contributed by atoms with Crippen molar-refractivity contribution in [3.8, 4) is 0 Å². The molecule has 106 valence electrons. The molecule has 1 aromatic rings. The Morgan fingerprint density at radius 1 is 1.37 bits per heavy atom. The molecule has 1 aromatic carbocycles. The number of nitrogens with one attached hydrogen (secondary N) is 1. The standard InChI is InChI=1S/C16H26N2O/c1-11-9-12(16(2,3)4)5-6-13(11)15(17)14-10-18-7-8-19-14/h5-6,9,14-15,18H,7-8,10,17H2,1-4H3. The van der Waals surface area contributed by atoms with E-state index in [1.54, 1.807) is 0 Å². The Labute approximate surface area is 116 Å². The summed E-state index contributed by atoms with van der Waals surface area (Å²) in [6.45, 7) is 11.3. The Balaban J connectivity index is 2.20. The summed E-state index contributed by atoms with van der Waals surface area (Å²) in [5.41, 5.74) is 10.3. The first-order chi connectivity index (χ1) is 8.89. The molecule has 0 spiro atoms. The van der Waals surface area contributed by atoms with Crippen molar-refractivity contribution in [1.82, 2.24) is 5.32 Å². The smallest absolute Gasteiger partial charge is 0.0892 e. The topological polar surface area (TPSA) is 47.3 Å². The lowest BCUT2D eigenvalue weighted by molar-refractivity contribution is 0.0121. The molecule has 3 nitrogen and oxygen atoms in total. The van der Waals surface area contributed by atoms with E-state index in [1.807, 2.05) is 0 Å². The lowest BCUT2D eigenvalue weighted by Crippen LogP contribution is -2.44. The van der Waals surface area contributed by atoms with Gasteiger partial charge in [-0.1, -0.05) is 39.0 Å². The highest BCUT2D eigenvalue weighted by molar-refractivity contribution is 5.36. The summed E-state index contributed by atoms with van der Waals surface area (Å²) in [5.74, 6) is 0. The number of benzene rings is 1. The Hall–Kier alpha value is -0.900. The first-order valence-electron chi connectivity index (χ1n) is 7.08. The molecule has 1 aliphatic rings. The second-order valence-corrected chi connectivity index (χ2v) is 6.46. The van der Waals surface area contributed by atoms with Crippen LogP contribution in [-0.4, -0.2) is 25.8 Å². The third-order valence-electron chi connectivity index (χ3n) is 3.85. The van der Waals surface area contributed by atoms with Gasteiger partial charge in [-0.15, -0.1) is 0 Å². The molecule has 0 saturated carbocycles. The van der Waals surface area contributed by atoms with Gasteiger partial charge in [0.05, 0.1) is 18.8 Å². The Morgan fingerprint density at radius 3 is 2.63 bits per heavy atom. The third-order valence-corrected chi connectivity index (χ3v) is 3.85. The van der Waals surface area contributed by atoms with Gasteiger partial charge in [0.2, 0.25) is 0 Å². The lowest BCUT2D eigenvalue weighted by Gasteiger charge is -2.30. The number of nitrogens with two attached hydrogens (primary N) is 1. The molecule has 19 heavy (non-hydrogen) atoms. The van der Waals surface area contributed by atoms with Gasteiger partial charge in [0.1, 0.15) is 0 Å². The summed E-state index contributed by atoms with van der Waals surface area (Å²) in [4.78, 5) is 0. The van der Waals surface area contributed by atoms with E-state index in [4.69, 9.17) is 10.5 Å². The van der Waals surface area contributed by atoms with Gasteiger partial charge in [-0.2, -0.15) is 0 Å². The molecule has 2 rings (SSSR count). The van der Waals surface area contributed by atoms with Crippen LogP contribution < -0.4 is 11.1 Å². The van der Waals surface area contributed by atoms with Crippen molar-refractivity contribution in [1.29, 1.82) is 0 Å². The van der Waals surface area contributed by atoms with Crippen LogP contribution >= 0.6 is 0 Å². The lowest BCUT2D eigenvalue weighted by atomic mass is 9.84. The van der Waals surface area contributed by atoms with Gasteiger partial charge in [-0.05, 0) is 29.0 Å². The molecule has 0 aromatic heterocycles. The first-order valence-corrected chi connectivity index (χ1v) is 7.08. The zero-order valence-corrected chi connectivity index (χ0v) is 12.5. The number of hydrogen-bond donors (Lipinski definition) is 2. The molecular weight excluding hydrogens is 236 g/mol. The van der Waals surface area contributed by atoms with E-state index in [0.717, 1.165) is 19.7 Å². The van der Waals surface area contributed by atoms with Crippen LogP contribution in [0.1, 0.15) is 43.5 Å². The third kappa shape index (κ3) is 3.35. The van der Waals surface area contributed by atoms with Crippen molar-refractivity contribution < 1.29 is 4.74 Å². The van der Waals surface area contributed by atoms with E-state index in [2.05, 4.69) is 51.2 Å². The van der Waals surface area contributed by atoms with Crippen molar-refractivity contribution in [2.24, 2.45) is 5.73 Å². The van der Waals surface area contributed by atoms with E-state index < -0.39 is 0 Å². The van der Waals surface area contributed by atoms with Crippen LogP contribution in [0.2, 0.25) is 0 Å². The minimum atomic E-state index is -0.0539. The highest BCUT2D eigenvalue weighted by atomic mass is 16.5. The van der Waals surface area contributed by atoms with Gasteiger partial charge in [0.15, 0.2) is 0 Å².